The van der Waals surface area contributed by atoms with Crippen LogP contribution in [0.25, 0.3) is 0 Å². The smallest absolute Gasteiger partial charge is 0.243 e. The van der Waals surface area contributed by atoms with Gasteiger partial charge in [-0.1, -0.05) is 0 Å². The van der Waals surface area contributed by atoms with Crippen LogP contribution >= 0.6 is 0 Å². The van der Waals surface area contributed by atoms with Gasteiger partial charge in [0.15, 0.2) is 5.78 Å². The van der Waals surface area contributed by atoms with Crippen molar-refractivity contribution in [3.63, 3.8) is 0 Å². The van der Waals surface area contributed by atoms with E-state index in [1.165, 1.54) is 4.31 Å². The van der Waals surface area contributed by atoms with Crippen molar-refractivity contribution in [3.8, 4) is 11.5 Å². The molecule has 2 aromatic rings. The molecule has 4 rings (SSSR count). The summed E-state index contributed by atoms with van der Waals surface area (Å²) in [6.07, 6.45) is 1.27. The number of ketones is 1. The van der Waals surface area contributed by atoms with Gasteiger partial charge in [0.1, 0.15) is 17.1 Å². The molecule has 0 N–H and O–H groups in total. The maximum absolute atomic E-state index is 13.0. The number of carbonyl (C=O) groups excluding carboxylic acids is 1. The van der Waals surface area contributed by atoms with Gasteiger partial charge >= 0.3 is 0 Å². The van der Waals surface area contributed by atoms with Gasteiger partial charge in [0.2, 0.25) is 10.0 Å². The van der Waals surface area contributed by atoms with Crippen LogP contribution in [0.1, 0.15) is 47.7 Å². The highest BCUT2D eigenvalue weighted by Gasteiger charge is 2.45. The molecule has 1 spiro atoms. The van der Waals surface area contributed by atoms with Crippen LogP contribution in [-0.4, -0.2) is 43.8 Å². The third-order valence-corrected chi connectivity index (χ3v) is 8.02. The number of rotatable bonds is 4. The fourth-order valence-electron chi connectivity index (χ4n) is 4.19. The number of benzene rings is 2. The van der Waals surface area contributed by atoms with Crippen molar-refractivity contribution in [3.05, 3.63) is 53.1 Å². The minimum Gasteiger partial charge on any atom is -0.494 e. The van der Waals surface area contributed by atoms with E-state index in [4.69, 9.17) is 9.47 Å². The number of nitrogens with zero attached hydrogens (tertiary/aromatic N) is 1. The number of fused-ring (bicyclic) bond motifs is 1. The van der Waals surface area contributed by atoms with E-state index in [2.05, 4.69) is 0 Å². The fraction of sp³-hybridized carbons (Fsp3) is 0.435. The van der Waals surface area contributed by atoms with E-state index in [1.54, 1.807) is 24.3 Å². The minimum atomic E-state index is -3.60. The molecule has 6 nitrogen and oxygen atoms in total. The van der Waals surface area contributed by atoms with Crippen LogP contribution in [0.15, 0.2) is 41.3 Å². The van der Waals surface area contributed by atoms with Crippen LogP contribution in [0.5, 0.6) is 11.5 Å². The molecule has 30 heavy (non-hydrogen) atoms. The van der Waals surface area contributed by atoms with Gasteiger partial charge in [-0.3, -0.25) is 4.79 Å². The number of Topliss-reactive ketones (excluding diaryl/α,β-unsaturated/α-hetero) is 1. The van der Waals surface area contributed by atoms with Crippen molar-refractivity contribution < 1.29 is 22.7 Å². The first kappa shape index (κ1) is 20.9. The van der Waals surface area contributed by atoms with Crippen LogP contribution in [0, 0.1) is 13.8 Å². The average molecular weight is 430 g/mol. The molecule has 0 amide bonds. The normalized spacial score (nSPS) is 18.7. The predicted molar refractivity (Wildman–Crippen MR) is 114 cm³/mol. The zero-order valence-corrected chi connectivity index (χ0v) is 18.4. The average Bonchev–Trinajstić information content (AvgIpc) is 2.71. The minimum absolute atomic E-state index is 0.0715. The quantitative estimate of drug-likeness (QED) is 0.737. The van der Waals surface area contributed by atoms with Gasteiger partial charge in [0.25, 0.3) is 0 Å². The highest BCUT2D eigenvalue weighted by Crippen LogP contribution is 2.41. The van der Waals surface area contributed by atoms with E-state index in [9.17, 15) is 13.2 Å². The number of hydrogen-bond acceptors (Lipinski definition) is 5. The summed E-state index contributed by atoms with van der Waals surface area (Å²) >= 11 is 0. The molecule has 0 saturated carbocycles. The Hall–Kier alpha value is -2.38. The molecule has 2 aliphatic heterocycles. The molecule has 0 atom stereocenters. The second-order valence-electron chi connectivity index (χ2n) is 8.13. The first-order valence-electron chi connectivity index (χ1n) is 10.3. The van der Waals surface area contributed by atoms with Gasteiger partial charge in [-0.05, 0) is 68.3 Å². The van der Waals surface area contributed by atoms with Crippen LogP contribution in [0.4, 0.5) is 0 Å². The van der Waals surface area contributed by atoms with E-state index in [1.807, 2.05) is 32.9 Å². The number of ether oxygens (including phenoxy) is 2. The molecule has 0 aromatic heterocycles. The van der Waals surface area contributed by atoms with E-state index in [0.717, 1.165) is 11.1 Å². The van der Waals surface area contributed by atoms with Gasteiger partial charge < -0.3 is 9.47 Å². The van der Waals surface area contributed by atoms with Gasteiger partial charge in [-0.25, -0.2) is 8.42 Å². The molecule has 0 radical (unpaired) electrons. The molecule has 0 unspecified atom stereocenters. The third-order valence-electron chi connectivity index (χ3n) is 6.11. The lowest BCUT2D eigenvalue weighted by Crippen LogP contribution is -2.52. The van der Waals surface area contributed by atoms with Crippen LogP contribution < -0.4 is 9.47 Å². The van der Waals surface area contributed by atoms with Crippen LogP contribution in [-0.2, 0) is 10.0 Å². The lowest BCUT2D eigenvalue weighted by atomic mass is 9.82. The van der Waals surface area contributed by atoms with Crippen molar-refractivity contribution in [1.82, 2.24) is 4.31 Å². The molecule has 2 heterocycles. The monoisotopic (exact) mass is 429 g/mol. The fourth-order valence-corrected chi connectivity index (χ4v) is 5.63. The zero-order chi connectivity index (χ0) is 21.5. The molecular weight excluding hydrogens is 402 g/mol. The molecular formula is C23H27NO5S. The molecule has 1 saturated heterocycles. The number of aryl methyl sites for hydroxylation is 2. The Labute approximate surface area is 177 Å². The molecule has 0 bridgehead atoms. The summed E-state index contributed by atoms with van der Waals surface area (Å²) in [5, 5.41) is 0. The Balaban J connectivity index is 1.50. The largest absolute Gasteiger partial charge is 0.494 e. The number of sulfonamides is 1. The highest BCUT2D eigenvalue weighted by atomic mass is 32.2. The van der Waals surface area contributed by atoms with E-state index < -0.39 is 15.6 Å². The van der Waals surface area contributed by atoms with Crippen molar-refractivity contribution in [2.75, 3.05) is 19.7 Å². The first-order valence-corrected chi connectivity index (χ1v) is 11.7. The maximum atomic E-state index is 13.0. The summed E-state index contributed by atoms with van der Waals surface area (Å²) in [6.45, 7) is 7.04. The third kappa shape index (κ3) is 3.72. The zero-order valence-electron chi connectivity index (χ0n) is 17.6. The lowest BCUT2D eigenvalue weighted by molar-refractivity contribution is 0.00585. The van der Waals surface area contributed by atoms with E-state index in [-0.39, 0.29) is 10.7 Å². The summed E-state index contributed by atoms with van der Waals surface area (Å²) in [6, 6.07) is 10.3. The summed E-state index contributed by atoms with van der Waals surface area (Å²) in [5.41, 5.74) is 2.15. The Kier molecular flexibility index (Phi) is 5.36. The van der Waals surface area contributed by atoms with Gasteiger partial charge in [-0.2, -0.15) is 4.31 Å². The summed E-state index contributed by atoms with van der Waals surface area (Å²) in [5.74, 6) is 1.34. The predicted octanol–water partition coefficient (Wildman–Crippen LogP) is 3.89. The van der Waals surface area contributed by atoms with Crippen LogP contribution in [0.2, 0.25) is 0 Å². The van der Waals surface area contributed by atoms with Crippen molar-refractivity contribution in [2.45, 2.75) is 50.5 Å². The number of hydrogen-bond donors (Lipinski definition) is 0. The van der Waals surface area contributed by atoms with Crippen LogP contribution in [0.3, 0.4) is 0 Å². The topological polar surface area (TPSA) is 72.9 Å². The van der Waals surface area contributed by atoms with Gasteiger partial charge in [0.05, 0.1) is 23.5 Å². The van der Waals surface area contributed by atoms with Gasteiger partial charge in [-0.15, -0.1) is 0 Å². The second kappa shape index (κ2) is 7.71. The first-order chi connectivity index (χ1) is 14.2. The Bertz CT molecular complexity index is 1070. The highest BCUT2D eigenvalue weighted by molar-refractivity contribution is 7.89. The standard InChI is InChI=1S/C23H27NO5S/c1-4-28-18-5-7-19(8-6-18)30(26,27)24-11-9-23(10-12-24)15-21(25)20-13-16(2)17(3)14-22(20)29-23/h5-8,13-14H,4,9-12,15H2,1-3H3. The summed E-state index contributed by atoms with van der Waals surface area (Å²) in [4.78, 5) is 13.0. The SMILES string of the molecule is CCOc1ccc(S(=O)(=O)N2CCC3(CC2)CC(=O)c2cc(C)c(C)cc2O3)cc1. The molecule has 1 fully saturated rings. The van der Waals surface area contributed by atoms with Crippen molar-refractivity contribution >= 4 is 15.8 Å². The molecule has 7 heteroatoms. The summed E-state index contributed by atoms with van der Waals surface area (Å²) < 4.78 is 39.3. The number of carbonyl (C=O) groups is 1. The molecule has 0 aliphatic carbocycles. The van der Waals surface area contributed by atoms with E-state index in [0.29, 0.717) is 56.0 Å². The second-order valence-corrected chi connectivity index (χ2v) is 10.1. The maximum Gasteiger partial charge on any atom is 0.243 e. The molecule has 160 valence electrons. The van der Waals surface area contributed by atoms with E-state index >= 15 is 0 Å². The van der Waals surface area contributed by atoms with Crippen molar-refractivity contribution in [1.29, 1.82) is 0 Å². The number of piperidine rings is 1. The lowest BCUT2D eigenvalue weighted by Gasteiger charge is -2.43. The molecule has 2 aromatic carbocycles. The Morgan fingerprint density at radius 1 is 1.07 bits per heavy atom. The Morgan fingerprint density at radius 2 is 1.70 bits per heavy atom. The summed E-state index contributed by atoms with van der Waals surface area (Å²) in [7, 11) is -3.60. The Morgan fingerprint density at radius 3 is 2.33 bits per heavy atom. The van der Waals surface area contributed by atoms with Crippen molar-refractivity contribution in [2.24, 2.45) is 0 Å². The molecule has 2 aliphatic rings. The van der Waals surface area contributed by atoms with Gasteiger partial charge in [0, 0.05) is 25.9 Å².